The fraction of sp³-hybridized carbons (Fsp3) is 0.455. The minimum absolute atomic E-state index is 0.723. The van der Waals surface area contributed by atoms with E-state index in [-0.39, 0.29) is 0 Å². The lowest BCUT2D eigenvalue weighted by Crippen LogP contribution is -2.04. The molecule has 0 spiro atoms. The largest absolute Gasteiger partial charge is 0.493 e. The summed E-state index contributed by atoms with van der Waals surface area (Å²) in [6, 6.07) is 4.20. The first-order chi connectivity index (χ1) is 6.33. The van der Waals surface area contributed by atoms with E-state index in [0.717, 1.165) is 31.7 Å². The van der Waals surface area contributed by atoms with E-state index >= 15 is 0 Å². The number of fused-ring (bicyclic) bond motifs is 1. The molecule has 1 aliphatic heterocycles. The summed E-state index contributed by atoms with van der Waals surface area (Å²) in [7, 11) is 0. The molecule has 2 N–H and O–H groups in total. The number of hydrogen-bond acceptors (Lipinski definition) is 2. The van der Waals surface area contributed by atoms with Gasteiger partial charge in [-0.3, -0.25) is 0 Å². The molecule has 0 saturated heterocycles. The molecular weight excluding hydrogens is 162 g/mol. The summed E-state index contributed by atoms with van der Waals surface area (Å²) < 4.78 is 5.48. The smallest absolute Gasteiger partial charge is 0.122 e. The van der Waals surface area contributed by atoms with Crippen LogP contribution in [0, 0.1) is 6.92 Å². The minimum atomic E-state index is 0.723. The Morgan fingerprint density at radius 3 is 3.08 bits per heavy atom. The van der Waals surface area contributed by atoms with E-state index in [1.54, 1.807) is 0 Å². The van der Waals surface area contributed by atoms with Gasteiger partial charge in [-0.25, -0.2) is 0 Å². The van der Waals surface area contributed by atoms with Crippen LogP contribution < -0.4 is 10.5 Å². The van der Waals surface area contributed by atoms with Gasteiger partial charge in [0.1, 0.15) is 5.75 Å². The predicted molar refractivity (Wildman–Crippen MR) is 53.1 cm³/mol. The Labute approximate surface area is 78.7 Å². The summed E-state index contributed by atoms with van der Waals surface area (Å²) in [6.07, 6.45) is 2.03. The molecule has 1 aromatic rings. The van der Waals surface area contributed by atoms with E-state index in [4.69, 9.17) is 10.5 Å². The van der Waals surface area contributed by atoms with Gasteiger partial charge in [0, 0.05) is 12.0 Å². The van der Waals surface area contributed by atoms with Crippen molar-refractivity contribution in [2.45, 2.75) is 19.8 Å². The van der Waals surface area contributed by atoms with E-state index in [0.29, 0.717) is 0 Å². The molecule has 0 saturated carbocycles. The van der Waals surface area contributed by atoms with Crippen LogP contribution in [-0.2, 0) is 12.8 Å². The number of hydrogen-bond donors (Lipinski definition) is 1. The highest BCUT2D eigenvalue weighted by molar-refractivity contribution is 5.46. The summed E-state index contributed by atoms with van der Waals surface area (Å²) in [5.74, 6) is 1.07. The standard InChI is InChI=1S/C11H15NO/c1-8-9(4-6-12)2-3-11-10(8)5-7-13-11/h2-3H,4-7,12H2,1H3. The quantitative estimate of drug-likeness (QED) is 0.741. The van der Waals surface area contributed by atoms with Gasteiger partial charge in [0.15, 0.2) is 0 Å². The lowest BCUT2D eigenvalue weighted by molar-refractivity contribution is 0.357. The Bertz CT molecular complexity index is 320. The molecule has 0 amide bonds. The van der Waals surface area contributed by atoms with Gasteiger partial charge in [0.2, 0.25) is 0 Å². The molecule has 1 aliphatic rings. The summed E-state index contributed by atoms with van der Waals surface area (Å²) in [4.78, 5) is 0. The Hall–Kier alpha value is -1.02. The maximum Gasteiger partial charge on any atom is 0.122 e. The van der Waals surface area contributed by atoms with Gasteiger partial charge in [-0.15, -0.1) is 0 Å². The van der Waals surface area contributed by atoms with Crippen molar-refractivity contribution in [3.8, 4) is 5.75 Å². The molecule has 0 atom stereocenters. The highest BCUT2D eigenvalue weighted by atomic mass is 16.5. The van der Waals surface area contributed by atoms with Crippen molar-refractivity contribution in [2.24, 2.45) is 5.73 Å². The normalized spacial score (nSPS) is 14.0. The Balaban J connectivity index is 2.40. The summed E-state index contributed by atoms with van der Waals surface area (Å²) in [5.41, 5.74) is 9.67. The second-order valence-electron chi connectivity index (χ2n) is 3.46. The average molecular weight is 177 g/mol. The topological polar surface area (TPSA) is 35.2 Å². The van der Waals surface area contributed by atoms with Crippen molar-refractivity contribution in [3.05, 3.63) is 28.8 Å². The van der Waals surface area contributed by atoms with Gasteiger partial charge in [0.25, 0.3) is 0 Å². The molecular formula is C11H15NO. The predicted octanol–water partition coefficient (Wildman–Crippen LogP) is 1.43. The minimum Gasteiger partial charge on any atom is -0.493 e. The highest BCUT2D eigenvalue weighted by Crippen LogP contribution is 2.30. The molecule has 2 nitrogen and oxygen atoms in total. The van der Waals surface area contributed by atoms with Crippen LogP contribution in [0.4, 0.5) is 0 Å². The van der Waals surface area contributed by atoms with E-state index in [2.05, 4.69) is 19.1 Å². The maximum atomic E-state index is 5.54. The van der Waals surface area contributed by atoms with Crippen molar-refractivity contribution in [1.82, 2.24) is 0 Å². The molecule has 0 bridgehead atoms. The van der Waals surface area contributed by atoms with Crippen LogP contribution in [0.2, 0.25) is 0 Å². The van der Waals surface area contributed by atoms with Gasteiger partial charge in [-0.2, -0.15) is 0 Å². The second-order valence-corrected chi connectivity index (χ2v) is 3.46. The fourth-order valence-corrected chi connectivity index (χ4v) is 1.92. The summed E-state index contributed by atoms with van der Waals surface area (Å²) in [5, 5.41) is 0. The average Bonchev–Trinajstić information content (AvgIpc) is 2.58. The molecule has 0 fully saturated rings. The molecule has 0 aromatic heterocycles. The van der Waals surface area contributed by atoms with Crippen LogP contribution in [0.3, 0.4) is 0 Å². The molecule has 1 aromatic carbocycles. The van der Waals surface area contributed by atoms with Crippen LogP contribution in [0.1, 0.15) is 16.7 Å². The van der Waals surface area contributed by atoms with Crippen LogP contribution in [-0.4, -0.2) is 13.2 Å². The van der Waals surface area contributed by atoms with Crippen LogP contribution >= 0.6 is 0 Å². The fourth-order valence-electron chi connectivity index (χ4n) is 1.92. The second kappa shape index (κ2) is 3.38. The Kier molecular flexibility index (Phi) is 2.23. The number of ether oxygens (including phenoxy) is 1. The van der Waals surface area contributed by atoms with Crippen molar-refractivity contribution in [3.63, 3.8) is 0 Å². The van der Waals surface area contributed by atoms with E-state index in [9.17, 15) is 0 Å². The third-order valence-corrected chi connectivity index (χ3v) is 2.69. The van der Waals surface area contributed by atoms with Crippen LogP contribution in [0.5, 0.6) is 5.75 Å². The first kappa shape index (κ1) is 8.57. The first-order valence-electron chi connectivity index (χ1n) is 4.77. The number of rotatable bonds is 2. The molecule has 1 heterocycles. The van der Waals surface area contributed by atoms with Crippen molar-refractivity contribution < 1.29 is 4.74 Å². The van der Waals surface area contributed by atoms with Crippen LogP contribution in [0.25, 0.3) is 0 Å². The number of nitrogens with two attached hydrogens (primary N) is 1. The van der Waals surface area contributed by atoms with Gasteiger partial charge >= 0.3 is 0 Å². The third-order valence-electron chi connectivity index (χ3n) is 2.69. The number of benzene rings is 1. The zero-order chi connectivity index (χ0) is 9.26. The molecule has 70 valence electrons. The molecule has 2 rings (SSSR count). The molecule has 13 heavy (non-hydrogen) atoms. The van der Waals surface area contributed by atoms with E-state index in [1.807, 2.05) is 0 Å². The van der Waals surface area contributed by atoms with Crippen molar-refractivity contribution in [2.75, 3.05) is 13.2 Å². The van der Waals surface area contributed by atoms with E-state index in [1.165, 1.54) is 16.7 Å². The third kappa shape index (κ3) is 1.42. The highest BCUT2D eigenvalue weighted by Gasteiger charge is 2.15. The lowest BCUT2D eigenvalue weighted by atomic mass is 9.98. The maximum absolute atomic E-state index is 5.54. The molecule has 0 radical (unpaired) electrons. The first-order valence-corrected chi connectivity index (χ1v) is 4.77. The zero-order valence-corrected chi connectivity index (χ0v) is 7.97. The van der Waals surface area contributed by atoms with Crippen molar-refractivity contribution in [1.29, 1.82) is 0 Å². The van der Waals surface area contributed by atoms with Crippen LogP contribution in [0.15, 0.2) is 12.1 Å². The van der Waals surface area contributed by atoms with Gasteiger partial charge in [-0.1, -0.05) is 6.07 Å². The molecule has 0 unspecified atom stereocenters. The lowest BCUT2D eigenvalue weighted by Gasteiger charge is -2.08. The Morgan fingerprint density at radius 2 is 2.31 bits per heavy atom. The summed E-state index contributed by atoms with van der Waals surface area (Å²) >= 11 is 0. The molecule has 0 aliphatic carbocycles. The Morgan fingerprint density at radius 1 is 1.46 bits per heavy atom. The molecule has 2 heteroatoms. The van der Waals surface area contributed by atoms with Gasteiger partial charge in [-0.05, 0) is 37.1 Å². The van der Waals surface area contributed by atoms with Gasteiger partial charge in [0.05, 0.1) is 6.61 Å². The van der Waals surface area contributed by atoms with Gasteiger partial charge < -0.3 is 10.5 Å². The SMILES string of the molecule is Cc1c(CCN)ccc2c1CCO2. The monoisotopic (exact) mass is 177 g/mol. The zero-order valence-electron chi connectivity index (χ0n) is 7.97. The van der Waals surface area contributed by atoms with Crippen molar-refractivity contribution >= 4 is 0 Å². The van der Waals surface area contributed by atoms with E-state index < -0.39 is 0 Å². The summed E-state index contributed by atoms with van der Waals surface area (Å²) in [6.45, 7) is 3.72.